The van der Waals surface area contributed by atoms with Crippen molar-refractivity contribution in [1.29, 1.82) is 5.26 Å². The zero-order valence-electron chi connectivity index (χ0n) is 9.26. The Balaban J connectivity index is 1.92. The molecule has 0 aliphatic heterocycles. The molecular weight excluding hydrogens is 198 g/mol. The molecule has 0 N–H and O–H groups in total. The molecule has 0 unspecified atom stereocenters. The van der Waals surface area contributed by atoms with Crippen molar-refractivity contribution in [1.82, 2.24) is 9.38 Å². The second kappa shape index (κ2) is 5.32. The zero-order chi connectivity index (χ0) is 11.2. The van der Waals surface area contributed by atoms with E-state index in [9.17, 15) is 0 Å². The fourth-order valence-corrected chi connectivity index (χ4v) is 1.87. The van der Waals surface area contributed by atoms with Crippen molar-refractivity contribution in [2.75, 3.05) is 0 Å². The van der Waals surface area contributed by atoms with Gasteiger partial charge >= 0.3 is 0 Å². The number of aromatic nitrogens is 2. The number of imidazole rings is 1. The van der Waals surface area contributed by atoms with Gasteiger partial charge in [0.05, 0.1) is 23.6 Å². The van der Waals surface area contributed by atoms with Crippen LogP contribution in [0.5, 0.6) is 0 Å². The Bertz CT molecular complexity index is 493. The van der Waals surface area contributed by atoms with E-state index in [1.165, 1.54) is 5.52 Å². The lowest BCUT2D eigenvalue weighted by Crippen LogP contribution is -1.88. The average Bonchev–Trinajstić information content (AvgIpc) is 2.73. The lowest BCUT2D eigenvalue weighted by Gasteiger charge is -1.98. The molecule has 16 heavy (non-hydrogen) atoms. The molecule has 0 fully saturated rings. The van der Waals surface area contributed by atoms with Gasteiger partial charge in [-0.15, -0.1) is 0 Å². The van der Waals surface area contributed by atoms with Gasteiger partial charge in [-0.05, 0) is 31.4 Å². The first kappa shape index (κ1) is 10.7. The third kappa shape index (κ3) is 2.40. The second-order valence-electron chi connectivity index (χ2n) is 3.90. The number of rotatable bonds is 5. The lowest BCUT2D eigenvalue weighted by molar-refractivity contribution is 0.686. The van der Waals surface area contributed by atoms with Crippen LogP contribution in [0.1, 0.15) is 31.4 Å². The Hall–Kier alpha value is -1.82. The lowest BCUT2D eigenvalue weighted by atomic mass is 10.1. The van der Waals surface area contributed by atoms with E-state index in [0.717, 1.165) is 31.4 Å². The third-order valence-corrected chi connectivity index (χ3v) is 2.73. The fraction of sp³-hybridized carbons (Fsp3) is 0.385. The van der Waals surface area contributed by atoms with E-state index in [4.69, 9.17) is 5.26 Å². The van der Waals surface area contributed by atoms with Crippen molar-refractivity contribution < 1.29 is 0 Å². The molecular formula is C13H15N3. The number of nitrogens with zero attached hydrogens (tertiary/aromatic N) is 3. The largest absolute Gasteiger partial charge is 0.306 e. The van der Waals surface area contributed by atoms with Gasteiger partial charge in [0.1, 0.15) is 0 Å². The minimum Gasteiger partial charge on any atom is -0.306 e. The van der Waals surface area contributed by atoms with Crippen molar-refractivity contribution in [2.24, 2.45) is 0 Å². The molecule has 82 valence electrons. The number of pyridine rings is 1. The number of unbranched alkanes of at least 4 members (excludes halogenated alkanes) is 3. The monoisotopic (exact) mass is 213 g/mol. The van der Waals surface area contributed by atoms with E-state index >= 15 is 0 Å². The summed E-state index contributed by atoms with van der Waals surface area (Å²) in [5.41, 5.74) is 2.36. The molecule has 0 spiro atoms. The number of fused-ring (bicyclic) bond motifs is 1. The molecule has 0 saturated heterocycles. The molecule has 0 saturated carbocycles. The molecule has 0 atom stereocenters. The van der Waals surface area contributed by atoms with Crippen LogP contribution in [0.25, 0.3) is 5.52 Å². The minimum absolute atomic E-state index is 0.671. The molecule has 3 nitrogen and oxygen atoms in total. The van der Waals surface area contributed by atoms with Crippen LogP contribution in [-0.4, -0.2) is 9.38 Å². The second-order valence-corrected chi connectivity index (χ2v) is 3.90. The van der Waals surface area contributed by atoms with E-state index < -0.39 is 0 Å². The van der Waals surface area contributed by atoms with Crippen LogP contribution in [-0.2, 0) is 6.42 Å². The van der Waals surface area contributed by atoms with Crippen LogP contribution in [0.4, 0.5) is 0 Å². The first-order valence-corrected chi connectivity index (χ1v) is 5.69. The fourth-order valence-electron chi connectivity index (χ4n) is 1.87. The standard InChI is InChI=1S/C13H15N3/c14-9-5-2-1-3-7-12-13-8-4-6-10-16(13)11-15-12/h4,6,8,10-11H,1-3,5,7H2. The van der Waals surface area contributed by atoms with Crippen LogP contribution in [0.3, 0.4) is 0 Å². The minimum atomic E-state index is 0.671. The Morgan fingerprint density at radius 1 is 1.25 bits per heavy atom. The molecule has 2 heterocycles. The van der Waals surface area contributed by atoms with Crippen LogP contribution >= 0.6 is 0 Å². The quantitative estimate of drug-likeness (QED) is 0.716. The summed E-state index contributed by atoms with van der Waals surface area (Å²) in [6.07, 6.45) is 8.78. The van der Waals surface area contributed by atoms with Gasteiger partial charge in [-0.3, -0.25) is 0 Å². The van der Waals surface area contributed by atoms with Gasteiger partial charge in [0, 0.05) is 12.6 Å². The maximum absolute atomic E-state index is 8.43. The maximum Gasteiger partial charge on any atom is 0.0995 e. The summed E-state index contributed by atoms with van der Waals surface area (Å²) in [5, 5.41) is 8.43. The normalized spacial score (nSPS) is 10.4. The molecule has 2 rings (SSSR count). The Morgan fingerprint density at radius 3 is 3.06 bits per heavy atom. The summed E-state index contributed by atoms with van der Waals surface area (Å²) in [6, 6.07) is 8.31. The van der Waals surface area contributed by atoms with Crippen molar-refractivity contribution in [3.63, 3.8) is 0 Å². The zero-order valence-corrected chi connectivity index (χ0v) is 9.26. The highest BCUT2D eigenvalue weighted by molar-refractivity contribution is 5.51. The molecule has 0 bridgehead atoms. The van der Waals surface area contributed by atoms with E-state index in [1.807, 2.05) is 29.1 Å². The summed E-state index contributed by atoms with van der Waals surface area (Å²) in [5.74, 6) is 0. The van der Waals surface area contributed by atoms with Gasteiger partial charge < -0.3 is 4.40 Å². The molecule has 0 aromatic carbocycles. The van der Waals surface area contributed by atoms with Gasteiger partial charge in [-0.2, -0.15) is 5.26 Å². The topological polar surface area (TPSA) is 41.1 Å². The van der Waals surface area contributed by atoms with E-state index in [1.54, 1.807) is 0 Å². The van der Waals surface area contributed by atoms with E-state index in [-0.39, 0.29) is 0 Å². The Morgan fingerprint density at radius 2 is 2.19 bits per heavy atom. The molecule has 2 aromatic rings. The van der Waals surface area contributed by atoms with Crippen LogP contribution < -0.4 is 0 Å². The maximum atomic E-state index is 8.43. The van der Waals surface area contributed by atoms with E-state index in [0.29, 0.717) is 6.42 Å². The molecule has 0 aliphatic rings. The van der Waals surface area contributed by atoms with Crippen molar-refractivity contribution in [3.05, 3.63) is 36.4 Å². The van der Waals surface area contributed by atoms with Gasteiger partial charge in [0.2, 0.25) is 0 Å². The van der Waals surface area contributed by atoms with Crippen LogP contribution in [0.2, 0.25) is 0 Å². The first-order chi connectivity index (χ1) is 7.92. The summed E-state index contributed by atoms with van der Waals surface area (Å²) in [6.45, 7) is 0. The Labute approximate surface area is 95.4 Å². The molecule has 0 amide bonds. The van der Waals surface area contributed by atoms with Gasteiger partial charge in [-0.1, -0.05) is 12.5 Å². The number of hydrogen-bond acceptors (Lipinski definition) is 2. The highest BCUT2D eigenvalue weighted by atomic mass is 15.0. The molecule has 0 aliphatic carbocycles. The first-order valence-electron chi connectivity index (χ1n) is 5.69. The van der Waals surface area contributed by atoms with Gasteiger partial charge in [-0.25, -0.2) is 4.98 Å². The SMILES string of the molecule is N#CCCCCCc1ncn2ccccc12. The summed E-state index contributed by atoms with van der Waals surface area (Å²) in [7, 11) is 0. The molecule has 0 radical (unpaired) electrons. The number of aryl methyl sites for hydroxylation is 1. The Kier molecular flexibility index (Phi) is 3.55. The van der Waals surface area contributed by atoms with Crippen molar-refractivity contribution in [3.8, 4) is 6.07 Å². The molecule has 3 heteroatoms. The summed E-state index contributed by atoms with van der Waals surface area (Å²) >= 11 is 0. The number of hydrogen-bond donors (Lipinski definition) is 0. The predicted octanol–water partition coefficient (Wildman–Crippen LogP) is 2.96. The van der Waals surface area contributed by atoms with Crippen molar-refractivity contribution >= 4 is 5.52 Å². The van der Waals surface area contributed by atoms with Crippen LogP contribution in [0, 0.1) is 11.3 Å². The average molecular weight is 213 g/mol. The highest BCUT2D eigenvalue weighted by Gasteiger charge is 2.02. The van der Waals surface area contributed by atoms with Crippen molar-refractivity contribution in [2.45, 2.75) is 32.1 Å². The van der Waals surface area contributed by atoms with E-state index in [2.05, 4.69) is 17.1 Å². The summed E-state index contributed by atoms with van der Waals surface area (Å²) in [4.78, 5) is 4.41. The molecule has 2 aromatic heterocycles. The van der Waals surface area contributed by atoms with Crippen LogP contribution in [0.15, 0.2) is 30.7 Å². The smallest absolute Gasteiger partial charge is 0.0995 e. The summed E-state index contributed by atoms with van der Waals surface area (Å²) < 4.78 is 2.05. The predicted molar refractivity (Wildman–Crippen MR) is 63.0 cm³/mol. The van der Waals surface area contributed by atoms with Gasteiger partial charge in [0.15, 0.2) is 0 Å². The third-order valence-electron chi connectivity index (χ3n) is 2.73. The highest BCUT2D eigenvalue weighted by Crippen LogP contribution is 2.12. The number of nitriles is 1. The van der Waals surface area contributed by atoms with Gasteiger partial charge in [0.25, 0.3) is 0 Å².